The van der Waals surface area contributed by atoms with E-state index >= 15 is 0 Å². The standard InChI is InChI=1S/C18H20BrN/c1-14-6-2-3-7-17(14)20-13-5-4-8-18(20)15-9-11-16(19)12-10-15/h2-3,6-7,9-12,18H,4-5,8,13H2,1H3. The van der Waals surface area contributed by atoms with Gasteiger partial charge in [-0.25, -0.2) is 0 Å². The minimum Gasteiger partial charge on any atom is -0.364 e. The lowest BCUT2D eigenvalue weighted by Gasteiger charge is -2.38. The van der Waals surface area contributed by atoms with Crippen molar-refractivity contribution >= 4 is 21.6 Å². The fourth-order valence-corrected chi connectivity index (χ4v) is 3.40. The molecule has 3 rings (SSSR count). The van der Waals surface area contributed by atoms with E-state index < -0.39 is 0 Å². The van der Waals surface area contributed by atoms with Gasteiger partial charge in [-0.3, -0.25) is 0 Å². The lowest BCUT2D eigenvalue weighted by molar-refractivity contribution is 0.472. The molecule has 0 radical (unpaired) electrons. The van der Waals surface area contributed by atoms with Crippen molar-refractivity contribution < 1.29 is 0 Å². The largest absolute Gasteiger partial charge is 0.364 e. The van der Waals surface area contributed by atoms with Gasteiger partial charge in [0.15, 0.2) is 0 Å². The van der Waals surface area contributed by atoms with Crippen molar-refractivity contribution in [2.24, 2.45) is 0 Å². The number of piperidine rings is 1. The Bertz CT molecular complexity index is 576. The van der Waals surface area contributed by atoms with E-state index in [1.807, 2.05) is 0 Å². The second kappa shape index (κ2) is 6.01. The van der Waals surface area contributed by atoms with Crippen molar-refractivity contribution in [3.63, 3.8) is 0 Å². The third-order valence-electron chi connectivity index (χ3n) is 4.18. The second-order valence-corrected chi connectivity index (χ2v) is 6.46. The van der Waals surface area contributed by atoms with E-state index in [2.05, 4.69) is 76.3 Å². The first kappa shape index (κ1) is 13.7. The number of benzene rings is 2. The van der Waals surface area contributed by atoms with Crippen LogP contribution in [-0.2, 0) is 0 Å². The maximum atomic E-state index is 3.53. The Hall–Kier alpha value is -1.28. The van der Waals surface area contributed by atoms with Crippen molar-refractivity contribution in [1.29, 1.82) is 0 Å². The molecule has 1 unspecified atom stereocenters. The zero-order chi connectivity index (χ0) is 13.9. The summed E-state index contributed by atoms with van der Waals surface area (Å²) in [6.45, 7) is 3.37. The Kier molecular flexibility index (Phi) is 4.11. The van der Waals surface area contributed by atoms with Gasteiger partial charge in [0.1, 0.15) is 0 Å². The molecule has 0 spiro atoms. The number of aryl methyl sites for hydroxylation is 1. The molecule has 1 heterocycles. The summed E-state index contributed by atoms with van der Waals surface area (Å²) in [6, 6.07) is 18.1. The molecule has 0 aromatic heterocycles. The molecule has 0 aliphatic carbocycles. The summed E-state index contributed by atoms with van der Waals surface area (Å²) in [6.07, 6.45) is 3.86. The molecule has 0 amide bonds. The summed E-state index contributed by atoms with van der Waals surface area (Å²) in [4.78, 5) is 2.59. The Morgan fingerprint density at radius 1 is 1.00 bits per heavy atom. The number of nitrogens with zero attached hydrogens (tertiary/aromatic N) is 1. The van der Waals surface area contributed by atoms with Crippen LogP contribution in [0.3, 0.4) is 0 Å². The second-order valence-electron chi connectivity index (χ2n) is 5.54. The first-order valence-electron chi connectivity index (χ1n) is 7.33. The van der Waals surface area contributed by atoms with E-state index in [1.165, 1.54) is 36.1 Å². The molecule has 2 aromatic carbocycles. The Balaban J connectivity index is 1.95. The van der Waals surface area contributed by atoms with E-state index in [0.717, 1.165) is 11.0 Å². The number of anilines is 1. The molecule has 1 aliphatic heterocycles. The smallest absolute Gasteiger partial charge is 0.0542 e. The van der Waals surface area contributed by atoms with Crippen LogP contribution in [0.25, 0.3) is 0 Å². The molecule has 2 heteroatoms. The van der Waals surface area contributed by atoms with Crippen molar-refractivity contribution in [3.8, 4) is 0 Å². The third-order valence-corrected chi connectivity index (χ3v) is 4.71. The van der Waals surface area contributed by atoms with Gasteiger partial charge in [0.25, 0.3) is 0 Å². The SMILES string of the molecule is Cc1ccccc1N1CCCCC1c1ccc(Br)cc1. The minimum absolute atomic E-state index is 0.512. The summed E-state index contributed by atoms with van der Waals surface area (Å²) >= 11 is 3.53. The quantitative estimate of drug-likeness (QED) is 0.704. The fourth-order valence-electron chi connectivity index (χ4n) is 3.14. The highest BCUT2D eigenvalue weighted by Gasteiger charge is 2.24. The van der Waals surface area contributed by atoms with Crippen LogP contribution < -0.4 is 4.90 Å². The van der Waals surface area contributed by atoms with Crippen LogP contribution in [0.4, 0.5) is 5.69 Å². The maximum Gasteiger partial charge on any atom is 0.0542 e. The molecule has 20 heavy (non-hydrogen) atoms. The van der Waals surface area contributed by atoms with Crippen LogP contribution in [0.2, 0.25) is 0 Å². The van der Waals surface area contributed by atoms with Gasteiger partial charge in [-0.2, -0.15) is 0 Å². The molecule has 104 valence electrons. The number of halogens is 1. The molecule has 1 aliphatic rings. The van der Waals surface area contributed by atoms with E-state index in [1.54, 1.807) is 0 Å². The van der Waals surface area contributed by atoms with Crippen molar-refractivity contribution in [1.82, 2.24) is 0 Å². The van der Waals surface area contributed by atoms with Gasteiger partial charge < -0.3 is 4.90 Å². The van der Waals surface area contributed by atoms with Crippen molar-refractivity contribution in [3.05, 3.63) is 64.1 Å². The van der Waals surface area contributed by atoms with E-state index in [-0.39, 0.29) is 0 Å². The highest BCUT2D eigenvalue weighted by atomic mass is 79.9. The third kappa shape index (κ3) is 2.76. The molecule has 2 aromatic rings. The molecule has 0 saturated carbocycles. The molecular formula is C18H20BrN. The predicted molar refractivity (Wildman–Crippen MR) is 89.3 cm³/mol. The minimum atomic E-state index is 0.512. The summed E-state index contributed by atoms with van der Waals surface area (Å²) in [7, 11) is 0. The summed E-state index contributed by atoms with van der Waals surface area (Å²) in [5.74, 6) is 0. The van der Waals surface area contributed by atoms with Crippen molar-refractivity contribution in [2.75, 3.05) is 11.4 Å². The highest BCUT2D eigenvalue weighted by molar-refractivity contribution is 9.10. The summed E-state index contributed by atoms with van der Waals surface area (Å²) in [5, 5.41) is 0. The van der Waals surface area contributed by atoms with Gasteiger partial charge in [0.05, 0.1) is 6.04 Å². The zero-order valence-electron chi connectivity index (χ0n) is 11.8. The topological polar surface area (TPSA) is 3.24 Å². The van der Waals surface area contributed by atoms with Crippen LogP contribution in [0.5, 0.6) is 0 Å². The van der Waals surface area contributed by atoms with Crippen LogP contribution in [0.1, 0.15) is 36.4 Å². The average molecular weight is 330 g/mol. The maximum absolute atomic E-state index is 3.53. The van der Waals surface area contributed by atoms with Gasteiger partial charge in [-0.1, -0.05) is 46.3 Å². The molecule has 1 fully saturated rings. The molecule has 1 nitrogen and oxygen atoms in total. The van der Waals surface area contributed by atoms with E-state index in [0.29, 0.717) is 6.04 Å². The highest BCUT2D eigenvalue weighted by Crippen LogP contribution is 2.36. The zero-order valence-corrected chi connectivity index (χ0v) is 13.4. The average Bonchev–Trinajstić information content (AvgIpc) is 2.49. The normalized spacial score (nSPS) is 19.1. The molecule has 1 saturated heterocycles. The van der Waals surface area contributed by atoms with E-state index in [9.17, 15) is 0 Å². The van der Waals surface area contributed by atoms with Crippen molar-refractivity contribution in [2.45, 2.75) is 32.2 Å². The van der Waals surface area contributed by atoms with Crippen LogP contribution in [0.15, 0.2) is 53.0 Å². The lowest BCUT2D eigenvalue weighted by atomic mass is 9.94. The van der Waals surface area contributed by atoms with Crippen LogP contribution in [-0.4, -0.2) is 6.54 Å². The molecule has 0 bridgehead atoms. The Morgan fingerprint density at radius 3 is 2.50 bits per heavy atom. The lowest BCUT2D eigenvalue weighted by Crippen LogP contribution is -2.33. The number of rotatable bonds is 2. The number of para-hydroxylation sites is 1. The van der Waals surface area contributed by atoms with Gasteiger partial charge in [0, 0.05) is 16.7 Å². The fraction of sp³-hybridized carbons (Fsp3) is 0.333. The van der Waals surface area contributed by atoms with Crippen LogP contribution in [0, 0.1) is 6.92 Å². The van der Waals surface area contributed by atoms with Gasteiger partial charge in [0.2, 0.25) is 0 Å². The Labute approximate surface area is 129 Å². The van der Waals surface area contributed by atoms with Gasteiger partial charge >= 0.3 is 0 Å². The summed E-state index contributed by atoms with van der Waals surface area (Å²) < 4.78 is 1.15. The Morgan fingerprint density at radius 2 is 1.75 bits per heavy atom. The number of hydrogen-bond donors (Lipinski definition) is 0. The van der Waals surface area contributed by atoms with Gasteiger partial charge in [-0.05, 0) is 55.5 Å². The van der Waals surface area contributed by atoms with Crippen LogP contribution >= 0.6 is 15.9 Å². The summed E-state index contributed by atoms with van der Waals surface area (Å²) in [5.41, 5.74) is 4.19. The molecule has 1 atom stereocenters. The first-order valence-corrected chi connectivity index (χ1v) is 8.13. The molecular weight excluding hydrogens is 310 g/mol. The first-order chi connectivity index (χ1) is 9.75. The van der Waals surface area contributed by atoms with E-state index in [4.69, 9.17) is 0 Å². The number of hydrogen-bond acceptors (Lipinski definition) is 1. The van der Waals surface area contributed by atoms with Gasteiger partial charge in [-0.15, -0.1) is 0 Å². The molecule has 0 N–H and O–H groups in total. The predicted octanol–water partition coefficient (Wildman–Crippen LogP) is 5.49. The monoisotopic (exact) mass is 329 g/mol.